The smallest absolute Gasteiger partial charge is 0.407 e. The zero-order valence-corrected chi connectivity index (χ0v) is 28.9. The Morgan fingerprint density at radius 1 is 1.14 bits per heavy atom. The summed E-state index contributed by atoms with van der Waals surface area (Å²) in [7, 11) is 0. The van der Waals surface area contributed by atoms with Crippen molar-refractivity contribution in [1.82, 2.24) is 25.2 Å². The molecule has 5 rings (SSSR count). The molecule has 13 nitrogen and oxygen atoms in total. The Labute approximate surface area is 289 Å². The zero-order valence-electron chi connectivity index (χ0n) is 28.0. The molecule has 1 aliphatic heterocycles. The van der Waals surface area contributed by atoms with Gasteiger partial charge in [0.2, 0.25) is 17.7 Å². The number of rotatable bonds is 15. The highest BCUT2D eigenvalue weighted by Crippen LogP contribution is 2.40. The normalized spacial score (nSPS) is 21.1. The second kappa shape index (κ2) is 15.7. The molecule has 49 heavy (non-hydrogen) atoms. The van der Waals surface area contributed by atoms with Crippen LogP contribution in [0.25, 0.3) is 21.7 Å². The molecule has 1 aliphatic carbocycles. The molecule has 262 valence electrons. The Bertz CT molecular complexity index is 1670. The molecule has 3 amide bonds. The highest BCUT2D eigenvalue weighted by molar-refractivity contribution is 7.16. The number of ether oxygens (including phenoxy) is 2. The number of unbranched alkanes of at least 4 members (excludes halogenated alkanes) is 3. The SMILES string of the molecule is CC(C)(C)OC(=O)NC[C@@H](CCCCC/C=C\[C@@H]1C[C@@H]1C(=O)O)C(=O)N1C[C@H](Oc2nc(-c3ccccn3)nc3sccc23)C[C@H]1C(N)=O. The Kier molecular flexibility index (Phi) is 11.5. The van der Waals surface area contributed by atoms with Gasteiger partial charge >= 0.3 is 12.1 Å². The fraction of sp³-hybridized carbons (Fsp3) is 0.514. The van der Waals surface area contributed by atoms with Crippen molar-refractivity contribution >= 4 is 45.4 Å². The van der Waals surface area contributed by atoms with Gasteiger partial charge in [-0.15, -0.1) is 11.3 Å². The van der Waals surface area contributed by atoms with Crippen LogP contribution in [0.5, 0.6) is 5.88 Å². The van der Waals surface area contributed by atoms with E-state index in [1.54, 1.807) is 27.0 Å². The number of hydrogen-bond acceptors (Lipinski definition) is 10. The number of aromatic nitrogens is 3. The van der Waals surface area contributed by atoms with E-state index in [-0.39, 0.29) is 37.3 Å². The molecule has 0 radical (unpaired) electrons. The number of carboxylic acid groups (broad SMARTS) is 1. The first kappa shape index (κ1) is 35.7. The van der Waals surface area contributed by atoms with Crippen LogP contribution in [0.3, 0.4) is 0 Å². The van der Waals surface area contributed by atoms with Gasteiger partial charge < -0.3 is 30.5 Å². The molecule has 2 fully saturated rings. The molecule has 0 spiro atoms. The number of carbonyl (C=O) groups excluding carboxylic acids is 3. The van der Waals surface area contributed by atoms with E-state index in [1.165, 1.54) is 16.2 Å². The molecule has 14 heteroatoms. The minimum Gasteiger partial charge on any atom is -0.481 e. The first-order chi connectivity index (χ1) is 23.4. The van der Waals surface area contributed by atoms with Crippen LogP contribution in [0.1, 0.15) is 65.7 Å². The van der Waals surface area contributed by atoms with Gasteiger partial charge in [-0.2, -0.15) is 4.98 Å². The van der Waals surface area contributed by atoms with E-state index in [2.05, 4.69) is 20.3 Å². The number of allylic oxidation sites excluding steroid dienone is 2. The maximum atomic E-state index is 14.1. The molecule has 0 unspecified atom stereocenters. The molecule has 4 heterocycles. The van der Waals surface area contributed by atoms with Gasteiger partial charge in [-0.25, -0.2) is 9.78 Å². The summed E-state index contributed by atoms with van der Waals surface area (Å²) in [6.07, 6.45) is 9.08. The van der Waals surface area contributed by atoms with E-state index in [4.69, 9.17) is 20.3 Å². The third kappa shape index (κ3) is 9.74. The molecule has 0 bridgehead atoms. The lowest BCUT2D eigenvalue weighted by atomic mass is 9.98. The minimum atomic E-state index is -0.890. The quantitative estimate of drug-likeness (QED) is 0.145. The third-order valence-electron chi connectivity index (χ3n) is 8.54. The number of hydrogen-bond donors (Lipinski definition) is 3. The fourth-order valence-electron chi connectivity index (χ4n) is 5.96. The summed E-state index contributed by atoms with van der Waals surface area (Å²) < 4.78 is 11.8. The van der Waals surface area contributed by atoms with Crippen LogP contribution >= 0.6 is 11.3 Å². The van der Waals surface area contributed by atoms with Gasteiger partial charge in [-0.05, 0) is 76.0 Å². The van der Waals surface area contributed by atoms with Crippen LogP contribution in [0, 0.1) is 17.8 Å². The average Bonchev–Trinajstić information content (AvgIpc) is 3.45. The highest BCUT2D eigenvalue weighted by atomic mass is 32.1. The highest BCUT2D eigenvalue weighted by Gasteiger charge is 2.43. The maximum absolute atomic E-state index is 14.1. The second-order valence-corrected chi connectivity index (χ2v) is 14.5. The van der Waals surface area contributed by atoms with Gasteiger partial charge in [0.1, 0.15) is 28.3 Å². The number of nitrogens with zero attached hydrogens (tertiary/aromatic N) is 4. The van der Waals surface area contributed by atoms with Gasteiger partial charge in [0, 0.05) is 19.2 Å². The third-order valence-corrected chi connectivity index (χ3v) is 9.35. The van der Waals surface area contributed by atoms with Gasteiger partial charge in [0.15, 0.2) is 5.82 Å². The van der Waals surface area contributed by atoms with Crippen LogP contribution in [0.15, 0.2) is 48.0 Å². The van der Waals surface area contributed by atoms with E-state index >= 15 is 0 Å². The van der Waals surface area contributed by atoms with E-state index in [1.807, 2.05) is 41.8 Å². The molecule has 1 saturated carbocycles. The number of nitrogens with two attached hydrogens (primary N) is 1. The number of primary amides is 1. The summed E-state index contributed by atoms with van der Waals surface area (Å²) in [4.78, 5) is 66.1. The maximum Gasteiger partial charge on any atom is 0.407 e. The van der Waals surface area contributed by atoms with Crippen LogP contribution in [-0.4, -0.2) is 79.7 Å². The first-order valence-electron chi connectivity index (χ1n) is 16.7. The number of carbonyl (C=O) groups is 4. The number of aliphatic carboxylic acids is 1. The van der Waals surface area contributed by atoms with E-state index in [0.717, 1.165) is 29.5 Å². The summed E-state index contributed by atoms with van der Waals surface area (Å²) in [5.74, 6) is -1.69. The predicted molar refractivity (Wildman–Crippen MR) is 184 cm³/mol. The van der Waals surface area contributed by atoms with E-state index < -0.39 is 41.6 Å². The van der Waals surface area contributed by atoms with Crippen molar-refractivity contribution in [3.63, 3.8) is 0 Å². The lowest BCUT2D eigenvalue weighted by Gasteiger charge is -2.28. The summed E-state index contributed by atoms with van der Waals surface area (Å²) in [5, 5.41) is 14.4. The molecule has 4 N–H and O–H groups in total. The molecule has 2 aliphatic rings. The van der Waals surface area contributed by atoms with Crippen molar-refractivity contribution in [2.45, 2.75) is 83.5 Å². The summed E-state index contributed by atoms with van der Waals surface area (Å²) in [6.45, 7) is 5.44. The molecule has 3 aromatic heterocycles. The van der Waals surface area contributed by atoms with Crippen LogP contribution in [0.2, 0.25) is 0 Å². The van der Waals surface area contributed by atoms with Gasteiger partial charge in [0.25, 0.3) is 0 Å². The van der Waals surface area contributed by atoms with Crippen molar-refractivity contribution in [3.8, 4) is 17.4 Å². The Morgan fingerprint density at radius 2 is 1.96 bits per heavy atom. The molecule has 3 aromatic rings. The predicted octanol–water partition coefficient (Wildman–Crippen LogP) is 4.96. The Hall–Kier alpha value is -4.59. The van der Waals surface area contributed by atoms with Crippen LogP contribution < -0.4 is 15.8 Å². The van der Waals surface area contributed by atoms with Gasteiger partial charge in [-0.3, -0.25) is 19.4 Å². The number of pyridine rings is 1. The lowest BCUT2D eigenvalue weighted by molar-refractivity contribution is -0.141. The fourth-order valence-corrected chi connectivity index (χ4v) is 6.72. The van der Waals surface area contributed by atoms with Crippen molar-refractivity contribution < 1.29 is 33.8 Å². The van der Waals surface area contributed by atoms with Crippen LogP contribution in [-0.2, 0) is 19.1 Å². The number of alkyl carbamates (subject to hydrolysis) is 1. The number of amides is 3. The number of fused-ring (bicyclic) bond motifs is 1. The lowest BCUT2D eigenvalue weighted by Crippen LogP contribution is -2.48. The largest absolute Gasteiger partial charge is 0.481 e. The van der Waals surface area contributed by atoms with Crippen molar-refractivity contribution in [3.05, 3.63) is 48.0 Å². The number of nitrogens with one attached hydrogen (secondary N) is 1. The topological polar surface area (TPSA) is 187 Å². The molecular formula is C35H44N6O7S. The standard InChI is InChI=1S/C35H44N6O7S/c1-35(2,3)48-34(46)38-19-22(12-8-6-4-5-7-11-21-17-25(21)33(44)45)32(43)41-20-23(18-27(41)28(36)42)47-30-24-14-16-49-31(24)40-29(39-30)26-13-9-10-15-37-26/h7,9-11,13-16,21-23,25,27H,4-6,8,12,17-20H2,1-3H3,(H2,36,42)(H,38,46)(H,44,45)/b11-7-/t21-,22-,23-,25+,27+/m1/s1. The number of carboxylic acids is 1. The molecule has 5 atom stereocenters. The zero-order chi connectivity index (χ0) is 35.1. The summed E-state index contributed by atoms with van der Waals surface area (Å²) in [5.41, 5.74) is 5.70. The average molecular weight is 693 g/mol. The summed E-state index contributed by atoms with van der Waals surface area (Å²) >= 11 is 1.45. The van der Waals surface area contributed by atoms with Gasteiger partial charge in [-0.1, -0.05) is 31.1 Å². The summed E-state index contributed by atoms with van der Waals surface area (Å²) in [6, 6.07) is 6.44. The minimum absolute atomic E-state index is 0.0360. The number of likely N-dealkylation sites (tertiary alicyclic amines) is 1. The molecular weight excluding hydrogens is 648 g/mol. The van der Waals surface area contributed by atoms with E-state index in [0.29, 0.717) is 36.7 Å². The van der Waals surface area contributed by atoms with Crippen molar-refractivity contribution in [2.24, 2.45) is 23.5 Å². The molecule has 0 aromatic carbocycles. The number of thiophene rings is 1. The van der Waals surface area contributed by atoms with Crippen LogP contribution in [0.4, 0.5) is 4.79 Å². The van der Waals surface area contributed by atoms with Crippen molar-refractivity contribution in [1.29, 1.82) is 0 Å². The van der Waals surface area contributed by atoms with Crippen molar-refractivity contribution in [2.75, 3.05) is 13.1 Å². The second-order valence-electron chi connectivity index (χ2n) is 13.6. The van der Waals surface area contributed by atoms with Gasteiger partial charge in [0.05, 0.1) is 23.8 Å². The Balaban J connectivity index is 1.25. The van der Waals surface area contributed by atoms with E-state index in [9.17, 15) is 19.2 Å². The molecule has 1 saturated heterocycles. The first-order valence-corrected chi connectivity index (χ1v) is 17.6. The Morgan fingerprint density at radius 3 is 2.65 bits per heavy atom. The monoisotopic (exact) mass is 692 g/mol.